The normalized spacial score (nSPS) is 19.2. The fourth-order valence-corrected chi connectivity index (χ4v) is 4.56. The second kappa shape index (κ2) is 9.90. The Kier molecular flexibility index (Phi) is 6.77. The molecule has 0 aliphatic carbocycles. The van der Waals surface area contributed by atoms with Crippen molar-refractivity contribution in [1.82, 2.24) is 10.1 Å². The van der Waals surface area contributed by atoms with Crippen LogP contribution in [0.1, 0.15) is 32.6 Å². The fraction of sp³-hybridized carbons (Fsp3) is 0.522. The molecule has 10 nitrogen and oxygen atoms in total. The minimum Gasteiger partial charge on any atom is -0.466 e. The molecule has 2 fully saturated rings. The van der Waals surface area contributed by atoms with Crippen LogP contribution in [0.4, 0.5) is 23.1 Å². The van der Waals surface area contributed by atoms with E-state index in [9.17, 15) is 10.1 Å². The van der Waals surface area contributed by atoms with E-state index in [1.807, 2.05) is 19.1 Å². The molecular weight excluding hydrogens is 420 g/mol. The number of nitrogens with two attached hydrogens (primary N) is 2. The predicted octanol–water partition coefficient (Wildman–Crippen LogP) is 1.44. The van der Waals surface area contributed by atoms with Crippen molar-refractivity contribution in [2.24, 2.45) is 11.8 Å². The summed E-state index contributed by atoms with van der Waals surface area (Å²) in [6.07, 6.45) is 5.04. The molecule has 1 unspecified atom stereocenters. The molecule has 2 saturated heterocycles. The first kappa shape index (κ1) is 22.6. The van der Waals surface area contributed by atoms with Crippen molar-refractivity contribution in [2.75, 3.05) is 54.1 Å². The maximum absolute atomic E-state index is 12.1. The Morgan fingerprint density at radius 2 is 2.03 bits per heavy atom. The lowest BCUT2D eigenvalue weighted by Crippen LogP contribution is -2.47. The molecule has 0 aromatic carbocycles. The topological polar surface area (TPSA) is 138 Å². The number of nitrogens with zero attached hydrogens (tertiary/aromatic N) is 6. The molecule has 4 heterocycles. The van der Waals surface area contributed by atoms with Gasteiger partial charge in [0.1, 0.15) is 0 Å². The van der Waals surface area contributed by atoms with Gasteiger partial charge in [0.15, 0.2) is 11.6 Å². The Labute approximate surface area is 193 Å². The molecule has 0 bridgehead atoms. The number of carbonyl (C=O) groups is 1. The number of ether oxygens (including phenoxy) is 1. The van der Waals surface area contributed by atoms with Crippen LogP contribution in [0.15, 0.2) is 24.4 Å². The Morgan fingerprint density at radius 1 is 1.24 bits per heavy atom. The third-order valence-electron chi connectivity index (χ3n) is 6.35. The monoisotopic (exact) mass is 451 g/mol. The summed E-state index contributed by atoms with van der Waals surface area (Å²) in [6, 6.07) is 8.03. The smallest absolute Gasteiger partial charge is 0.309 e. The van der Waals surface area contributed by atoms with Gasteiger partial charge < -0.3 is 21.1 Å². The highest BCUT2D eigenvalue weighted by Gasteiger charge is 2.33. The van der Waals surface area contributed by atoms with E-state index in [0.29, 0.717) is 56.4 Å². The van der Waals surface area contributed by atoms with E-state index in [-0.39, 0.29) is 17.8 Å². The van der Waals surface area contributed by atoms with E-state index in [1.54, 1.807) is 16.9 Å². The number of hydrogen-bond acceptors (Lipinski definition) is 9. The molecule has 0 spiro atoms. The summed E-state index contributed by atoms with van der Waals surface area (Å²) in [5.41, 5.74) is 13.9. The van der Waals surface area contributed by atoms with Gasteiger partial charge in [-0.15, -0.1) is 0 Å². The third-order valence-corrected chi connectivity index (χ3v) is 6.35. The van der Waals surface area contributed by atoms with E-state index in [2.05, 4.69) is 26.0 Å². The van der Waals surface area contributed by atoms with Crippen molar-refractivity contribution in [1.29, 1.82) is 5.26 Å². The molecule has 1 atom stereocenters. The second-order valence-corrected chi connectivity index (χ2v) is 8.55. The highest BCUT2D eigenvalue weighted by Crippen LogP contribution is 2.27. The standard InChI is InChI=1S/C23H31N8O2/c1-2-33-23(32)17-7-10-29(11-8-17)21-6-5-20(25)28-31(21)19-12-18(14-27-22(19)26)30-9-3-4-16(13-24)15-30/h5-6,12,14,16-17H,2-4,7-11,15H2,1H3,(H2,25,28)(H2,26,27)/q+1. The first-order valence-electron chi connectivity index (χ1n) is 11.5. The van der Waals surface area contributed by atoms with Crippen LogP contribution in [0, 0.1) is 23.2 Å². The number of anilines is 4. The summed E-state index contributed by atoms with van der Waals surface area (Å²) in [4.78, 5) is 20.9. The van der Waals surface area contributed by atoms with Gasteiger partial charge >= 0.3 is 11.8 Å². The minimum atomic E-state index is -0.126. The summed E-state index contributed by atoms with van der Waals surface area (Å²) in [7, 11) is 0. The van der Waals surface area contributed by atoms with E-state index >= 15 is 0 Å². The average molecular weight is 452 g/mol. The van der Waals surface area contributed by atoms with Crippen LogP contribution >= 0.6 is 0 Å². The van der Waals surface area contributed by atoms with Crippen molar-refractivity contribution in [3.63, 3.8) is 0 Å². The van der Waals surface area contributed by atoms with Gasteiger partial charge in [-0.3, -0.25) is 9.69 Å². The van der Waals surface area contributed by atoms with Gasteiger partial charge in [-0.25, -0.2) is 4.98 Å². The number of nitrogen functional groups attached to an aromatic ring is 2. The fourth-order valence-electron chi connectivity index (χ4n) is 4.56. The van der Waals surface area contributed by atoms with Crippen molar-refractivity contribution >= 4 is 29.1 Å². The van der Waals surface area contributed by atoms with E-state index in [0.717, 1.165) is 30.9 Å². The zero-order valence-corrected chi connectivity index (χ0v) is 19.0. The molecular formula is C23H31N8O2+. The average Bonchev–Trinajstić information content (AvgIpc) is 2.84. The molecule has 2 aromatic heterocycles. The molecule has 174 valence electrons. The van der Waals surface area contributed by atoms with Crippen LogP contribution in [0.25, 0.3) is 5.69 Å². The number of rotatable bonds is 5. The first-order chi connectivity index (χ1) is 16.0. The Balaban J connectivity index is 1.62. The number of nitriles is 1. The summed E-state index contributed by atoms with van der Waals surface area (Å²) < 4.78 is 6.93. The number of pyridine rings is 1. The van der Waals surface area contributed by atoms with Crippen LogP contribution in [-0.2, 0) is 9.53 Å². The molecule has 2 aromatic rings. The van der Waals surface area contributed by atoms with Gasteiger partial charge in [-0.1, -0.05) is 9.78 Å². The molecule has 4 N–H and O–H groups in total. The molecule has 0 radical (unpaired) electrons. The lowest BCUT2D eigenvalue weighted by atomic mass is 9.97. The molecule has 10 heteroatoms. The number of aromatic nitrogens is 3. The van der Waals surface area contributed by atoms with E-state index in [4.69, 9.17) is 16.2 Å². The summed E-state index contributed by atoms with van der Waals surface area (Å²) >= 11 is 0. The van der Waals surface area contributed by atoms with Crippen molar-refractivity contribution in [2.45, 2.75) is 32.6 Å². The number of piperidine rings is 2. The molecule has 4 rings (SSSR count). The highest BCUT2D eigenvalue weighted by atomic mass is 16.5. The Bertz CT molecular complexity index is 1050. The quantitative estimate of drug-likeness (QED) is 0.510. The second-order valence-electron chi connectivity index (χ2n) is 8.55. The molecule has 0 saturated carbocycles. The molecule has 2 aliphatic rings. The van der Waals surface area contributed by atoms with Crippen LogP contribution < -0.4 is 25.9 Å². The van der Waals surface area contributed by atoms with E-state index in [1.165, 1.54) is 0 Å². The van der Waals surface area contributed by atoms with Crippen LogP contribution in [-0.4, -0.2) is 48.8 Å². The van der Waals surface area contributed by atoms with Gasteiger partial charge in [-0.2, -0.15) is 5.26 Å². The minimum absolute atomic E-state index is 0.00848. The van der Waals surface area contributed by atoms with Crippen LogP contribution in [0.5, 0.6) is 0 Å². The van der Waals surface area contributed by atoms with Gasteiger partial charge in [0.25, 0.3) is 0 Å². The summed E-state index contributed by atoms with van der Waals surface area (Å²) in [5.74, 6) is 1.35. The third kappa shape index (κ3) is 4.92. The van der Waals surface area contributed by atoms with Crippen molar-refractivity contribution in [3.8, 4) is 11.8 Å². The predicted molar refractivity (Wildman–Crippen MR) is 125 cm³/mol. The van der Waals surface area contributed by atoms with Crippen LogP contribution in [0.3, 0.4) is 0 Å². The van der Waals surface area contributed by atoms with Gasteiger partial charge in [0.2, 0.25) is 5.69 Å². The van der Waals surface area contributed by atoms with Crippen molar-refractivity contribution in [3.05, 3.63) is 24.4 Å². The van der Waals surface area contributed by atoms with Gasteiger partial charge in [0.05, 0.1) is 49.5 Å². The number of hydrogen-bond donors (Lipinski definition) is 2. The molecule has 0 amide bonds. The highest BCUT2D eigenvalue weighted by molar-refractivity contribution is 5.72. The Hall–Kier alpha value is -3.61. The molecule has 2 aliphatic heterocycles. The zero-order valence-electron chi connectivity index (χ0n) is 19.0. The lowest BCUT2D eigenvalue weighted by Gasteiger charge is -2.31. The Morgan fingerprint density at radius 3 is 2.76 bits per heavy atom. The maximum atomic E-state index is 12.1. The van der Waals surface area contributed by atoms with Gasteiger partial charge in [0, 0.05) is 25.2 Å². The zero-order chi connectivity index (χ0) is 23.4. The first-order valence-corrected chi connectivity index (χ1v) is 11.5. The van der Waals surface area contributed by atoms with Gasteiger partial charge in [-0.05, 0) is 38.7 Å². The summed E-state index contributed by atoms with van der Waals surface area (Å²) in [6.45, 7) is 5.15. The molecule has 33 heavy (non-hydrogen) atoms. The lowest BCUT2D eigenvalue weighted by molar-refractivity contribution is -0.645. The number of esters is 1. The summed E-state index contributed by atoms with van der Waals surface area (Å²) in [5, 5.41) is 13.9. The largest absolute Gasteiger partial charge is 0.466 e. The van der Waals surface area contributed by atoms with E-state index < -0.39 is 0 Å². The maximum Gasteiger partial charge on any atom is 0.309 e. The number of carbonyl (C=O) groups excluding carboxylic acids is 1. The van der Waals surface area contributed by atoms with Crippen molar-refractivity contribution < 1.29 is 14.2 Å². The van der Waals surface area contributed by atoms with Crippen LogP contribution in [0.2, 0.25) is 0 Å². The SMILES string of the molecule is CCOC(=O)C1CCN(c2ccc(N)n[n+]2-c2cc(N3CCCC(C#N)C3)cnc2N)CC1.